The summed E-state index contributed by atoms with van der Waals surface area (Å²) < 4.78 is 7.43. The lowest BCUT2D eigenvalue weighted by atomic mass is 10.3. The monoisotopic (exact) mass is 194 g/mol. The molecular formula is C10H14N2O2. The zero-order valence-electron chi connectivity index (χ0n) is 8.63. The van der Waals surface area contributed by atoms with Gasteiger partial charge >= 0.3 is 0 Å². The fourth-order valence-corrected chi connectivity index (χ4v) is 1.68. The molecule has 0 saturated heterocycles. The number of hydrogen-bond acceptors (Lipinski definition) is 3. The van der Waals surface area contributed by atoms with Gasteiger partial charge in [0.15, 0.2) is 5.78 Å². The minimum absolute atomic E-state index is 0.0555. The van der Waals surface area contributed by atoms with Gasteiger partial charge in [0, 0.05) is 14.0 Å². The molecule has 0 fully saturated rings. The van der Waals surface area contributed by atoms with Crippen molar-refractivity contribution in [3.05, 3.63) is 11.8 Å². The van der Waals surface area contributed by atoms with E-state index >= 15 is 0 Å². The Morgan fingerprint density at radius 2 is 2.43 bits per heavy atom. The van der Waals surface area contributed by atoms with E-state index in [0.717, 1.165) is 18.1 Å². The molecular weight excluding hydrogens is 180 g/mol. The molecule has 4 heteroatoms. The predicted octanol–water partition coefficient (Wildman–Crippen LogP) is 1.42. The summed E-state index contributed by atoms with van der Waals surface area (Å²) in [6, 6.07) is 1.84. The molecule has 14 heavy (non-hydrogen) atoms. The van der Waals surface area contributed by atoms with Crippen molar-refractivity contribution in [1.29, 1.82) is 0 Å². The Bertz CT molecular complexity index is 382. The summed E-state index contributed by atoms with van der Waals surface area (Å²) in [5.74, 6) is 0.814. The maximum absolute atomic E-state index is 11.3. The molecule has 0 amide bonds. The van der Waals surface area contributed by atoms with Crippen LogP contribution in [0.2, 0.25) is 0 Å². The van der Waals surface area contributed by atoms with E-state index < -0.39 is 0 Å². The van der Waals surface area contributed by atoms with Gasteiger partial charge in [0.05, 0.1) is 17.9 Å². The fraction of sp³-hybridized carbons (Fsp3) is 0.500. The Balaban J connectivity index is 2.46. The van der Waals surface area contributed by atoms with Crippen LogP contribution in [0.3, 0.4) is 0 Å². The molecule has 0 bridgehead atoms. The molecule has 1 aliphatic rings. The second-order valence-electron chi connectivity index (χ2n) is 3.67. The molecule has 1 atom stereocenters. The van der Waals surface area contributed by atoms with Crippen LogP contribution >= 0.6 is 0 Å². The smallest absolute Gasteiger partial charge is 0.218 e. The molecule has 2 rings (SSSR count). The minimum Gasteiger partial charge on any atom is -0.472 e. The van der Waals surface area contributed by atoms with Gasteiger partial charge in [0.2, 0.25) is 5.88 Å². The SMILES string of the molecule is CC(=O)c1cc2c(n1C)OC(C)CN2. The van der Waals surface area contributed by atoms with E-state index in [2.05, 4.69) is 5.32 Å². The highest BCUT2D eigenvalue weighted by atomic mass is 16.5. The highest BCUT2D eigenvalue weighted by Gasteiger charge is 2.22. The van der Waals surface area contributed by atoms with Gasteiger partial charge in [-0.1, -0.05) is 0 Å². The van der Waals surface area contributed by atoms with E-state index in [-0.39, 0.29) is 11.9 Å². The fourth-order valence-electron chi connectivity index (χ4n) is 1.68. The number of aromatic nitrogens is 1. The van der Waals surface area contributed by atoms with Gasteiger partial charge < -0.3 is 14.6 Å². The van der Waals surface area contributed by atoms with Crippen molar-refractivity contribution in [2.24, 2.45) is 7.05 Å². The molecule has 1 aliphatic heterocycles. The predicted molar refractivity (Wildman–Crippen MR) is 54.0 cm³/mol. The molecule has 4 nitrogen and oxygen atoms in total. The van der Waals surface area contributed by atoms with Crippen LogP contribution in [0.1, 0.15) is 24.3 Å². The summed E-state index contributed by atoms with van der Waals surface area (Å²) >= 11 is 0. The first kappa shape index (κ1) is 9.12. The molecule has 76 valence electrons. The summed E-state index contributed by atoms with van der Waals surface area (Å²) in [6.07, 6.45) is 0.149. The van der Waals surface area contributed by atoms with Gasteiger partial charge in [-0.3, -0.25) is 4.79 Å². The number of nitrogens with zero attached hydrogens (tertiary/aromatic N) is 1. The summed E-state index contributed by atoms with van der Waals surface area (Å²) in [4.78, 5) is 11.3. The van der Waals surface area contributed by atoms with Gasteiger partial charge in [0.25, 0.3) is 0 Å². The molecule has 1 N–H and O–H groups in total. The molecule has 1 aromatic rings. The van der Waals surface area contributed by atoms with Crippen molar-refractivity contribution in [1.82, 2.24) is 4.57 Å². The largest absolute Gasteiger partial charge is 0.472 e. The number of rotatable bonds is 1. The number of nitrogens with one attached hydrogen (secondary N) is 1. The third kappa shape index (κ3) is 1.27. The molecule has 0 radical (unpaired) electrons. The van der Waals surface area contributed by atoms with Crippen LogP contribution in [0, 0.1) is 0 Å². The Hall–Kier alpha value is -1.45. The van der Waals surface area contributed by atoms with Gasteiger partial charge in [-0.2, -0.15) is 0 Å². The van der Waals surface area contributed by atoms with Crippen molar-refractivity contribution in [3.63, 3.8) is 0 Å². The number of fused-ring (bicyclic) bond motifs is 1. The maximum Gasteiger partial charge on any atom is 0.218 e. The molecule has 0 saturated carbocycles. The lowest BCUT2D eigenvalue weighted by Gasteiger charge is -2.22. The van der Waals surface area contributed by atoms with Crippen LogP contribution in [-0.4, -0.2) is 23.0 Å². The van der Waals surface area contributed by atoms with Crippen LogP contribution in [0.5, 0.6) is 5.88 Å². The Kier molecular flexibility index (Phi) is 1.98. The second-order valence-corrected chi connectivity index (χ2v) is 3.67. The lowest BCUT2D eigenvalue weighted by molar-refractivity contribution is 0.100. The van der Waals surface area contributed by atoms with E-state index in [0.29, 0.717) is 5.69 Å². The minimum atomic E-state index is 0.0555. The third-order valence-electron chi connectivity index (χ3n) is 2.43. The summed E-state index contributed by atoms with van der Waals surface area (Å²) in [6.45, 7) is 4.34. The third-order valence-corrected chi connectivity index (χ3v) is 2.43. The summed E-state index contributed by atoms with van der Waals surface area (Å²) in [5, 5.41) is 3.23. The van der Waals surface area contributed by atoms with Crippen molar-refractivity contribution in [2.45, 2.75) is 20.0 Å². The topological polar surface area (TPSA) is 43.3 Å². The van der Waals surface area contributed by atoms with E-state index in [9.17, 15) is 4.79 Å². The number of hydrogen-bond donors (Lipinski definition) is 1. The average molecular weight is 194 g/mol. The maximum atomic E-state index is 11.3. The molecule has 1 unspecified atom stereocenters. The van der Waals surface area contributed by atoms with Crippen molar-refractivity contribution < 1.29 is 9.53 Å². The van der Waals surface area contributed by atoms with E-state index in [1.165, 1.54) is 0 Å². The van der Waals surface area contributed by atoms with Crippen LogP contribution in [0.15, 0.2) is 6.07 Å². The highest BCUT2D eigenvalue weighted by molar-refractivity contribution is 5.94. The summed E-state index contributed by atoms with van der Waals surface area (Å²) in [5.41, 5.74) is 1.59. The van der Waals surface area contributed by atoms with Crippen LogP contribution in [0.25, 0.3) is 0 Å². The number of ether oxygens (including phenoxy) is 1. The second kappa shape index (κ2) is 3.04. The normalized spacial score (nSPS) is 19.5. The van der Waals surface area contributed by atoms with Gasteiger partial charge in [-0.15, -0.1) is 0 Å². The number of carbonyl (C=O) groups excluding carboxylic acids is 1. The highest BCUT2D eigenvalue weighted by Crippen LogP contribution is 2.32. The van der Waals surface area contributed by atoms with Crippen molar-refractivity contribution >= 4 is 11.5 Å². The summed E-state index contributed by atoms with van der Waals surface area (Å²) in [7, 11) is 1.84. The van der Waals surface area contributed by atoms with Crippen LogP contribution < -0.4 is 10.1 Å². The number of ketones is 1. The Morgan fingerprint density at radius 3 is 3.07 bits per heavy atom. The van der Waals surface area contributed by atoms with Gasteiger partial charge in [0.1, 0.15) is 6.10 Å². The first-order chi connectivity index (χ1) is 6.59. The molecule has 2 heterocycles. The number of Topliss-reactive ketones (excluding diaryl/α,β-unsaturated/α-hetero) is 1. The van der Waals surface area contributed by atoms with E-state index in [1.54, 1.807) is 11.5 Å². The quantitative estimate of drug-likeness (QED) is 0.687. The van der Waals surface area contributed by atoms with E-state index in [4.69, 9.17) is 4.74 Å². The van der Waals surface area contributed by atoms with Crippen LogP contribution in [0.4, 0.5) is 5.69 Å². The van der Waals surface area contributed by atoms with Gasteiger partial charge in [-0.25, -0.2) is 0 Å². The molecule has 0 spiro atoms. The first-order valence-electron chi connectivity index (χ1n) is 4.70. The molecule has 0 aromatic carbocycles. The van der Waals surface area contributed by atoms with Crippen molar-refractivity contribution in [2.75, 3.05) is 11.9 Å². The zero-order valence-corrected chi connectivity index (χ0v) is 8.63. The Morgan fingerprint density at radius 1 is 1.71 bits per heavy atom. The number of anilines is 1. The van der Waals surface area contributed by atoms with Gasteiger partial charge in [-0.05, 0) is 13.0 Å². The number of carbonyl (C=O) groups is 1. The standard InChI is InChI=1S/C10H14N2O2/c1-6-5-11-8-4-9(7(2)13)12(3)10(8)14-6/h4,6,11H,5H2,1-3H3. The lowest BCUT2D eigenvalue weighted by Crippen LogP contribution is -2.28. The van der Waals surface area contributed by atoms with E-state index in [1.807, 2.05) is 20.0 Å². The first-order valence-corrected chi connectivity index (χ1v) is 4.70. The molecule has 1 aromatic heterocycles. The Labute approximate surface area is 82.9 Å². The van der Waals surface area contributed by atoms with Crippen molar-refractivity contribution in [3.8, 4) is 5.88 Å². The average Bonchev–Trinajstić information content (AvgIpc) is 2.44. The van der Waals surface area contributed by atoms with Crippen LogP contribution in [-0.2, 0) is 7.05 Å². The zero-order chi connectivity index (χ0) is 10.3. The molecule has 0 aliphatic carbocycles.